The molecule has 2 aliphatic heterocycles. The number of likely N-dealkylation sites (tertiary alicyclic amines) is 2. The summed E-state index contributed by atoms with van der Waals surface area (Å²) < 4.78 is 0. The molecule has 0 aromatic heterocycles. The van der Waals surface area contributed by atoms with Crippen LogP contribution in [0, 0.1) is 11.3 Å². The Bertz CT molecular complexity index is 277. The molecular weight excluding hydrogens is 220 g/mol. The van der Waals surface area contributed by atoms with Gasteiger partial charge in [-0.3, -0.25) is 9.80 Å². The van der Waals surface area contributed by atoms with Crippen LogP contribution in [0.25, 0.3) is 0 Å². The van der Waals surface area contributed by atoms with Crippen molar-refractivity contribution in [2.75, 3.05) is 26.2 Å². The van der Waals surface area contributed by atoms with E-state index in [1.807, 2.05) is 0 Å². The van der Waals surface area contributed by atoms with Crippen molar-refractivity contribution in [3.63, 3.8) is 0 Å². The number of rotatable bonds is 3. The zero-order valence-electron chi connectivity index (χ0n) is 12.5. The van der Waals surface area contributed by atoms with Gasteiger partial charge in [0.25, 0.3) is 0 Å². The molecule has 0 atom stereocenters. The van der Waals surface area contributed by atoms with Gasteiger partial charge in [-0.1, -0.05) is 13.3 Å². The monoisotopic (exact) mass is 250 g/mol. The molecule has 2 heterocycles. The van der Waals surface area contributed by atoms with E-state index in [1.165, 1.54) is 58.3 Å². The van der Waals surface area contributed by atoms with Crippen molar-refractivity contribution in [2.45, 2.75) is 65.0 Å². The zero-order chi connectivity index (χ0) is 12.8. The molecule has 2 nitrogen and oxygen atoms in total. The molecule has 1 spiro atoms. The molecule has 0 unspecified atom stereocenters. The van der Waals surface area contributed by atoms with Crippen LogP contribution in [-0.4, -0.2) is 48.1 Å². The van der Waals surface area contributed by atoms with Gasteiger partial charge in [-0.15, -0.1) is 0 Å². The molecule has 0 amide bonds. The van der Waals surface area contributed by atoms with Crippen molar-refractivity contribution in [3.05, 3.63) is 0 Å². The van der Waals surface area contributed by atoms with Gasteiger partial charge in [0.15, 0.2) is 0 Å². The Kier molecular flexibility index (Phi) is 3.44. The molecule has 0 N–H and O–H groups in total. The third kappa shape index (κ3) is 2.22. The van der Waals surface area contributed by atoms with E-state index in [0.29, 0.717) is 0 Å². The second kappa shape index (κ2) is 4.79. The second-order valence-corrected chi connectivity index (χ2v) is 7.46. The second-order valence-electron chi connectivity index (χ2n) is 7.46. The van der Waals surface area contributed by atoms with Crippen molar-refractivity contribution >= 4 is 0 Å². The van der Waals surface area contributed by atoms with Gasteiger partial charge in [-0.25, -0.2) is 0 Å². The van der Waals surface area contributed by atoms with Gasteiger partial charge < -0.3 is 0 Å². The van der Waals surface area contributed by atoms with Crippen LogP contribution in [0.1, 0.15) is 52.9 Å². The van der Waals surface area contributed by atoms with Gasteiger partial charge in [0.1, 0.15) is 0 Å². The summed E-state index contributed by atoms with van der Waals surface area (Å²) in [5.74, 6) is 1.01. The fourth-order valence-corrected chi connectivity index (χ4v) is 4.24. The summed E-state index contributed by atoms with van der Waals surface area (Å²) in [6.45, 7) is 12.6. The highest BCUT2D eigenvalue weighted by Gasteiger charge is 2.47. The van der Waals surface area contributed by atoms with Crippen molar-refractivity contribution in [1.82, 2.24) is 9.80 Å². The van der Waals surface area contributed by atoms with Crippen LogP contribution < -0.4 is 0 Å². The predicted octanol–water partition coefficient (Wildman–Crippen LogP) is 2.98. The first-order valence-electron chi connectivity index (χ1n) is 8.10. The lowest BCUT2D eigenvalue weighted by molar-refractivity contribution is -0.0722. The maximum absolute atomic E-state index is 2.76. The molecule has 18 heavy (non-hydrogen) atoms. The number of hydrogen-bond acceptors (Lipinski definition) is 2. The van der Waals surface area contributed by atoms with Gasteiger partial charge in [-0.05, 0) is 50.9 Å². The summed E-state index contributed by atoms with van der Waals surface area (Å²) in [5, 5.41) is 0. The molecule has 0 bridgehead atoms. The highest BCUT2D eigenvalue weighted by Crippen LogP contribution is 2.46. The van der Waals surface area contributed by atoms with Gasteiger partial charge in [-0.2, -0.15) is 0 Å². The van der Waals surface area contributed by atoms with E-state index >= 15 is 0 Å². The largest absolute Gasteiger partial charge is 0.300 e. The molecule has 104 valence electrons. The van der Waals surface area contributed by atoms with Crippen molar-refractivity contribution in [3.8, 4) is 0 Å². The lowest BCUT2D eigenvalue weighted by Crippen LogP contribution is -2.61. The van der Waals surface area contributed by atoms with E-state index in [-0.39, 0.29) is 0 Å². The van der Waals surface area contributed by atoms with Crippen LogP contribution in [0.2, 0.25) is 0 Å². The molecule has 0 radical (unpaired) electrons. The molecule has 3 fully saturated rings. The molecule has 3 aliphatic rings. The lowest BCUT2D eigenvalue weighted by atomic mass is 9.66. The van der Waals surface area contributed by atoms with Crippen molar-refractivity contribution < 1.29 is 0 Å². The highest BCUT2D eigenvalue weighted by atomic mass is 15.2. The normalized spacial score (nSPS) is 30.7. The Morgan fingerprint density at radius 1 is 1.11 bits per heavy atom. The molecule has 1 aliphatic carbocycles. The standard InChI is InChI=1S/C16H30N2/c1-4-14-9-17(10-14)15-5-7-16(8-6-15)11-18(12-16)13(2)3/h13-15H,4-12H2,1-3H3. The van der Waals surface area contributed by atoms with Gasteiger partial charge in [0.2, 0.25) is 0 Å². The molecule has 1 saturated carbocycles. The first kappa shape index (κ1) is 12.9. The van der Waals surface area contributed by atoms with Crippen LogP contribution in [-0.2, 0) is 0 Å². The lowest BCUT2D eigenvalue weighted by Gasteiger charge is -2.57. The molecule has 0 aromatic carbocycles. The SMILES string of the molecule is CCC1CN(C2CCC3(CC2)CN(C(C)C)C3)C1. The molecule has 3 rings (SSSR count). The topological polar surface area (TPSA) is 6.48 Å². The highest BCUT2D eigenvalue weighted by molar-refractivity contribution is 5.01. The number of hydrogen-bond donors (Lipinski definition) is 0. The minimum absolute atomic E-state index is 0.732. The summed E-state index contributed by atoms with van der Waals surface area (Å²) in [5.41, 5.74) is 0.732. The van der Waals surface area contributed by atoms with E-state index in [1.54, 1.807) is 0 Å². The molecular formula is C16H30N2. The Labute approximate surface area is 113 Å². The molecule has 2 heteroatoms. The average Bonchev–Trinajstić information content (AvgIpc) is 2.25. The van der Waals surface area contributed by atoms with Crippen LogP contribution in [0.5, 0.6) is 0 Å². The fraction of sp³-hybridized carbons (Fsp3) is 1.00. The maximum Gasteiger partial charge on any atom is 0.00959 e. The smallest absolute Gasteiger partial charge is 0.00959 e. The summed E-state index contributed by atoms with van der Waals surface area (Å²) in [6, 6.07) is 1.69. The first-order chi connectivity index (χ1) is 8.62. The van der Waals surface area contributed by atoms with Crippen LogP contribution >= 0.6 is 0 Å². The molecule has 2 saturated heterocycles. The van der Waals surface area contributed by atoms with Crippen LogP contribution in [0.15, 0.2) is 0 Å². The summed E-state index contributed by atoms with van der Waals surface area (Å²) in [4.78, 5) is 5.41. The first-order valence-corrected chi connectivity index (χ1v) is 8.10. The number of nitrogens with zero attached hydrogens (tertiary/aromatic N) is 2. The predicted molar refractivity (Wildman–Crippen MR) is 76.8 cm³/mol. The third-order valence-corrected chi connectivity index (χ3v) is 5.90. The Morgan fingerprint density at radius 2 is 1.72 bits per heavy atom. The van der Waals surface area contributed by atoms with Crippen molar-refractivity contribution in [2.24, 2.45) is 11.3 Å². The fourth-order valence-electron chi connectivity index (χ4n) is 4.24. The van der Waals surface area contributed by atoms with Crippen LogP contribution in [0.4, 0.5) is 0 Å². The Morgan fingerprint density at radius 3 is 2.22 bits per heavy atom. The van der Waals surface area contributed by atoms with Gasteiger partial charge in [0, 0.05) is 38.3 Å². The summed E-state index contributed by atoms with van der Waals surface area (Å²) in [7, 11) is 0. The quantitative estimate of drug-likeness (QED) is 0.760. The van der Waals surface area contributed by atoms with Gasteiger partial charge in [0.05, 0.1) is 0 Å². The van der Waals surface area contributed by atoms with E-state index < -0.39 is 0 Å². The van der Waals surface area contributed by atoms with E-state index in [9.17, 15) is 0 Å². The van der Waals surface area contributed by atoms with E-state index in [4.69, 9.17) is 0 Å². The average molecular weight is 250 g/mol. The Balaban J connectivity index is 1.43. The van der Waals surface area contributed by atoms with E-state index in [2.05, 4.69) is 30.6 Å². The Hall–Kier alpha value is -0.0800. The maximum atomic E-state index is 2.76. The molecule has 0 aromatic rings. The van der Waals surface area contributed by atoms with Gasteiger partial charge >= 0.3 is 0 Å². The minimum Gasteiger partial charge on any atom is -0.300 e. The van der Waals surface area contributed by atoms with Crippen LogP contribution in [0.3, 0.4) is 0 Å². The third-order valence-electron chi connectivity index (χ3n) is 5.90. The summed E-state index contributed by atoms with van der Waals surface area (Å²) >= 11 is 0. The summed E-state index contributed by atoms with van der Waals surface area (Å²) in [6.07, 6.45) is 7.32. The van der Waals surface area contributed by atoms with Crippen molar-refractivity contribution in [1.29, 1.82) is 0 Å². The van der Waals surface area contributed by atoms with E-state index in [0.717, 1.165) is 23.4 Å². The zero-order valence-corrected chi connectivity index (χ0v) is 12.5. The minimum atomic E-state index is 0.732.